The number of amides is 1. The minimum absolute atomic E-state index is 0.0458. The van der Waals surface area contributed by atoms with Crippen molar-refractivity contribution in [2.75, 3.05) is 37.6 Å². The summed E-state index contributed by atoms with van der Waals surface area (Å²) in [6.07, 6.45) is 0. The van der Waals surface area contributed by atoms with Crippen LogP contribution >= 0.6 is 23.2 Å². The van der Waals surface area contributed by atoms with Crippen molar-refractivity contribution in [2.24, 2.45) is 0 Å². The maximum atomic E-state index is 13.6. The molecule has 3 aromatic rings. The number of halogens is 2. The van der Waals surface area contributed by atoms with Crippen molar-refractivity contribution in [3.63, 3.8) is 0 Å². The van der Waals surface area contributed by atoms with Crippen LogP contribution in [0.2, 0.25) is 10.0 Å². The highest BCUT2D eigenvalue weighted by Gasteiger charge is 2.30. The Hall–Kier alpha value is -2.58. The molecule has 0 aromatic heterocycles. The molecule has 1 aliphatic heterocycles. The SMILES string of the molecule is Cc1ccc(S(=O)(=O)N(CC(=O)N2CCN(c3cc(Cl)ccc3C)CC2)Cc2cccc(Cl)c2)cc1. The molecule has 0 saturated carbocycles. The van der Waals surface area contributed by atoms with Crippen molar-refractivity contribution in [1.29, 1.82) is 0 Å². The van der Waals surface area contributed by atoms with Gasteiger partial charge in [0.2, 0.25) is 15.9 Å². The number of rotatable bonds is 7. The van der Waals surface area contributed by atoms with Crippen molar-refractivity contribution >= 4 is 44.8 Å². The van der Waals surface area contributed by atoms with Crippen LogP contribution in [0.5, 0.6) is 0 Å². The van der Waals surface area contributed by atoms with Crippen LogP contribution in [0.1, 0.15) is 16.7 Å². The summed E-state index contributed by atoms with van der Waals surface area (Å²) in [7, 11) is -3.91. The number of sulfonamides is 1. The second-order valence-electron chi connectivity index (χ2n) is 9.01. The molecule has 1 heterocycles. The van der Waals surface area contributed by atoms with Crippen LogP contribution in [0, 0.1) is 13.8 Å². The van der Waals surface area contributed by atoms with Crippen LogP contribution in [0.15, 0.2) is 71.6 Å². The Morgan fingerprint density at radius 1 is 0.889 bits per heavy atom. The first-order chi connectivity index (χ1) is 17.1. The molecule has 1 amide bonds. The summed E-state index contributed by atoms with van der Waals surface area (Å²) in [6, 6.07) is 19.5. The quantitative estimate of drug-likeness (QED) is 0.412. The van der Waals surface area contributed by atoms with Crippen LogP contribution in [-0.2, 0) is 21.4 Å². The maximum absolute atomic E-state index is 13.6. The van der Waals surface area contributed by atoms with Crippen LogP contribution in [0.3, 0.4) is 0 Å². The van der Waals surface area contributed by atoms with Crippen LogP contribution < -0.4 is 4.90 Å². The van der Waals surface area contributed by atoms with Gasteiger partial charge in [-0.25, -0.2) is 8.42 Å². The Labute approximate surface area is 223 Å². The molecule has 4 rings (SSSR count). The summed E-state index contributed by atoms with van der Waals surface area (Å²) in [5.41, 5.74) is 3.85. The van der Waals surface area contributed by atoms with E-state index in [1.54, 1.807) is 53.4 Å². The van der Waals surface area contributed by atoms with Gasteiger partial charge in [-0.15, -0.1) is 0 Å². The average molecular weight is 547 g/mol. The lowest BCUT2D eigenvalue weighted by molar-refractivity contribution is -0.131. The monoisotopic (exact) mass is 545 g/mol. The molecule has 0 radical (unpaired) electrons. The van der Waals surface area contributed by atoms with Gasteiger partial charge in [0.15, 0.2) is 0 Å². The van der Waals surface area contributed by atoms with Gasteiger partial charge in [-0.1, -0.05) is 59.1 Å². The van der Waals surface area contributed by atoms with Crippen molar-refractivity contribution < 1.29 is 13.2 Å². The summed E-state index contributed by atoms with van der Waals surface area (Å²) in [5.74, 6) is -0.227. The fraction of sp³-hybridized carbons (Fsp3) is 0.296. The Kier molecular flexibility index (Phi) is 8.25. The molecule has 36 heavy (non-hydrogen) atoms. The number of hydrogen-bond donors (Lipinski definition) is 0. The highest BCUT2D eigenvalue weighted by Crippen LogP contribution is 2.26. The van der Waals surface area contributed by atoms with E-state index >= 15 is 0 Å². The van der Waals surface area contributed by atoms with Crippen molar-refractivity contribution in [2.45, 2.75) is 25.3 Å². The van der Waals surface area contributed by atoms with E-state index < -0.39 is 10.0 Å². The first-order valence-electron chi connectivity index (χ1n) is 11.7. The topological polar surface area (TPSA) is 60.9 Å². The Morgan fingerprint density at radius 3 is 2.22 bits per heavy atom. The van der Waals surface area contributed by atoms with Gasteiger partial charge in [-0.3, -0.25) is 4.79 Å². The molecule has 0 unspecified atom stereocenters. The second kappa shape index (κ2) is 11.2. The number of benzene rings is 3. The average Bonchev–Trinajstić information content (AvgIpc) is 2.85. The Balaban J connectivity index is 1.51. The van der Waals surface area contributed by atoms with Gasteiger partial charge in [0.05, 0.1) is 11.4 Å². The summed E-state index contributed by atoms with van der Waals surface area (Å²) in [6.45, 7) is 6.02. The number of nitrogens with zero attached hydrogens (tertiary/aromatic N) is 3. The lowest BCUT2D eigenvalue weighted by Crippen LogP contribution is -2.51. The van der Waals surface area contributed by atoms with Gasteiger partial charge in [-0.2, -0.15) is 4.31 Å². The van der Waals surface area contributed by atoms with Crippen LogP contribution in [0.25, 0.3) is 0 Å². The van der Waals surface area contributed by atoms with Crippen molar-refractivity contribution in [3.05, 3.63) is 93.5 Å². The van der Waals surface area contributed by atoms with Crippen molar-refractivity contribution in [1.82, 2.24) is 9.21 Å². The van der Waals surface area contributed by atoms with Gasteiger partial charge in [0.25, 0.3) is 0 Å². The van der Waals surface area contributed by atoms with E-state index in [0.717, 1.165) is 16.8 Å². The maximum Gasteiger partial charge on any atom is 0.243 e. The Morgan fingerprint density at radius 2 is 1.56 bits per heavy atom. The summed E-state index contributed by atoms with van der Waals surface area (Å²) < 4.78 is 28.4. The van der Waals surface area contributed by atoms with E-state index in [1.807, 2.05) is 32.0 Å². The largest absolute Gasteiger partial charge is 0.368 e. The minimum atomic E-state index is -3.91. The molecule has 0 bridgehead atoms. The second-order valence-corrected chi connectivity index (χ2v) is 11.8. The van der Waals surface area contributed by atoms with Gasteiger partial charge in [0, 0.05) is 48.5 Å². The molecule has 190 valence electrons. The summed E-state index contributed by atoms with van der Waals surface area (Å²) in [4.78, 5) is 17.4. The fourth-order valence-electron chi connectivity index (χ4n) is 4.29. The Bertz CT molecular complexity index is 1340. The van der Waals surface area contributed by atoms with Gasteiger partial charge in [-0.05, 0) is 61.4 Å². The molecule has 0 atom stereocenters. The minimum Gasteiger partial charge on any atom is -0.368 e. The molecule has 0 aliphatic carbocycles. The van der Waals surface area contributed by atoms with Gasteiger partial charge >= 0.3 is 0 Å². The zero-order chi connectivity index (χ0) is 25.9. The normalized spacial score (nSPS) is 14.4. The van der Waals surface area contributed by atoms with Crippen LogP contribution in [-0.4, -0.2) is 56.3 Å². The highest BCUT2D eigenvalue weighted by atomic mass is 35.5. The van der Waals surface area contributed by atoms with Gasteiger partial charge < -0.3 is 9.80 Å². The van der Waals surface area contributed by atoms with E-state index in [2.05, 4.69) is 4.90 Å². The smallest absolute Gasteiger partial charge is 0.243 e. The number of anilines is 1. The van der Waals surface area contributed by atoms with E-state index in [-0.39, 0.29) is 23.9 Å². The van der Waals surface area contributed by atoms with E-state index in [0.29, 0.717) is 41.8 Å². The highest BCUT2D eigenvalue weighted by molar-refractivity contribution is 7.89. The van der Waals surface area contributed by atoms with E-state index in [9.17, 15) is 13.2 Å². The van der Waals surface area contributed by atoms with Crippen LogP contribution in [0.4, 0.5) is 5.69 Å². The number of hydrogen-bond acceptors (Lipinski definition) is 4. The van der Waals surface area contributed by atoms with E-state index in [1.165, 1.54) is 4.31 Å². The molecular formula is C27H29Cl2N3O3S. The molecule has 1 aliphatic rings. The predicted octanol–water partition coefficient (Wildman–Crippen LogP) is 5.15. The number of aryl methyl sites for hydroxylation is 2. The number of piperazine rings is 1. The molecular weight excluding hydrogens is 517 g/mol. The third-order valence-corrected chi connectivity index (χ3v) is 8.64. The lowest BCUT2D eigenvalue weighted by Gasteiger charge is -2.37. The zero-order valence-corrected chi connectivity index (χ0v) is 22.7. The summed E-state index contributed by atoms with van der Waals surface area (Å²) >= 11 is 12.3. The molecule has 9 heteroatoms. The standard InChI is InChI=1S/C27H29Cl2N3O3S/c1-20-6-10-25(11-7-20)36(34,35)32(18-22-4-3-5-23(28)16-22)19-27(33)31-14-12-30(13-15-31)26-17-24(29)9-8-21(26)2/h3-11,16-17H,12-15,18-19H2,1-2H3. The molecule has 3 aromatic carbocycles. The number of carbonyl (C=O) groups is 1. The molecule has 1 fully saturated rings. The third kappa shape index (κ3) is 6.21. The van der Waals surface area contributed by atoms with E-state index in [4.69, 9.17) is 23.2 Å². The molecule has 0 N–H and O–H groups in total. The predicted molar refractivity (Wildman–Crippen MR) is 145 cm³/mol. The molecule has 1 saturated heterocycles. The number of carbonyl (C=O) groups excluding carboxylic acids is 1. The molecule has 0 spiro atoms. The molecule has 6 nitrogen and oxygen atoms in total. The lowest BCUT2D eigenvalue weighted by atomic mass is 10.1. The van der Waals surface area contributed by atoms with Crippen molar-refractivity contribution in [3.8, 4) is 0 Å². The summed E-state index contributed by atoms with van der Waals surface area (Å²) in [5, 5.41) is 1.19. The first kappa shape index (κ1) is 26.5. The van der Waals surface area contributed by atoms with Gasteiger partial charge in [0.1, 0.15) is 0 Å². The fourth-order valence-corrected chi connectivity index (χ4v) is 6.05. The first-order valence-corrected chi connectivity index (χ1v) is 13.9. The zero-order valence-electron chi connectivity index (χ0n) is 20.3. The third-order valence-electron chi connectivity index (χ3n) is 6.36.